The van der Waals surface area contributed by atoms with Gasteiger partial charge < -0.3 is 21.1 Å². The second-order valence-corrected chi connectivity index (χ2v) is 6.32. The summed E-state index contributed by atoms with van der Waals surface area (Å²) < 4.78 is 36.1. The van der Waals surface area contributed by atoms with Crippen LogP contribution < -0.4 is 16.4 Å². The Kier molecular flexibility index (Phi) is 6.33. The second kappa shape index (κ2) is 7.59. The van der Waals surface area contributed by atoms with Crippen molar-refractivity contribution in [1.82, 2.24) is 5.32 Å². The van der Waals surface area contributed by atoms with Crippen LogP contribution in [0.3, 0.4) is 0 Å². The second-order valence-electron chi connectivity index (χ2n) is 4.52. The molecule has 0 aliphatic rings. The Bertz CT molecular complexity index is 722. The van der Waals surface area contributed by atoms with E-state index in [0.717, 1.165) is 13.2 Å². The lowest BCUT2D eigenvalue weighted by Gasteiger charge is -2.13. The van der Waals surface area contributed by atoms with Crippen molar-refractivity contribution in [3.05, 3.63) is 22.7 Å². The minimum absolute atomic E-state index is 0.0392. The lowest BCUT2D eigenvalue weighted by atomic mass is 10.2. The van der Waals surface area contributed by atoms with Crippen LogP contribution in [0.2, 0.25) is 5.02 Å². The van der Waals surface area contributed by atoms with Gasteiger partial charge in [0, 0.05) is 17.3 Å². The summed E-state index contributed by atoms with van der Waals surface area (Å²) >= 11 is 5.87. The van der Waals surface area contributed by atoms with E-state index in [1.54, 1.807) is 0 Å². The molecule has 0 aliphatic carbocycles. The largest absolute Gasteiger partial charge is 0.468 e. The molecule has 2 amide bonds. The van der Waals surface area contributed by atoms with Crippen molar-refractivity contribution in [1.29, 1.82) is 0 Å². The van der Waals surface area contributed by atoms with Crippen molar-refractivity contribution in [2.24, 2.45) is 5.73 Å². The van der Waals surface area contributed by atoms with Gasteiger partial charge in [0.1, 0.15) is 10.9 Å². The van der Waals surface area contributed by atoms with Gasteiger partial charge in [-0.3, -0.25) is 9.35 Å². The molecule has 1 aromatic carbocycles. The van der Waals surface area contributed by atoms with E-state index in [9.17, 15) is 18.0 Å². The highest BCUT2D eigenvalue weighted by molar-refractivity contribution is 7.85. The smallest absolute Gasteiger partial charge is 0.324 e. The number of urea groups is 1. The molecule has 0 unspecified atom stereocenters. The molecule has 0 aliphatic heterocycles. The molecule has 5 N–H and O–H groups in total. The highest BCUT2D eigenvalue weighted by Gasteiger charge is 2.18. The van der Waals surface area contributed by atoms with Crippen LogP contribution in [0.1, 0.15) is 5.56 Å². The van der Waals surface area contributed by atoms with Gasteiger partial charge >= 0.3 is 12.0 Å². The van der Waals surface area contributed by atoms with E-state index >= 15 is 0 Å². The number of methoxy groups -OCH3 is 1. The molecule has 0 heterocycles. The van der Waals surface area contributed by atoms with E-state index < -0.39 is 33.1 Å². The number of rotatable bonds is 5. The molecule has 0 aromatic heterocycles. The molecule has 0 spiro atoms. The van der Waals surface area contributed by atoms with Crippen LogP contribution in [0, 0.1) is 6.92 Å². The monoisotopic (exact) mass is 365 g/mol. The molecule has 9 nitrogen and oxygen atoms in total. The first-order valence-electron chi connectivity index (χ1n) is 6.22. The van der Waals surface area contributed by atoms with Crippen molar-refractivity contribution in [3.63, 3.8) is 0 Å². The summed E-state index contributed by atoms with van der Waals surface area (Å²) in [4.78, 5) is 22.4. The van der Waals surface area contributed by atoms with Gasteiger partial charge in [-0.2, -0.15) is 8.42 Å². The van der Waals surface area contributed by atoms with E-state index in [-0.39, 0.29) is 22.8 Å². The maximum Gasteiger partial charge on any atom is 0.324 e. The number of carbonyl (C=O) groups excluding carboxylic acids is 2. The van der Waals surface area contributed by atoms with Gasteiger partial charge in [0.2, 0.25) is 0 Å². The van der Waals surface area contributed by atoms with Crippen molar-refractivity contribution < 1.29 is 27.3 Å². The molecule has 128 valence electrons. The average molecular weight is 366 g/mol. The summed E-state index contributed by atoms with van der Waals surface area (Å²) in [5, 5.41) is 4.67. The number of amides is 2. The number of nitrogens with one attached hydrogen (secondary N) is 2. The Morgan fingerprint density at radius 3 is 2.57 bits per heavy atom. The fourth-order valence-electron chi connectivity index (χ4n) is 1.61. The number of benzene rings is 1. The molecule has 1 aromatic rings. The Morgan fingerprint density at radius 2 is 2.04 bits per heavy atom. The first kappa shape index (κ1) is 19.2. The van der Waals surface area contributed by atoms with Gasteiger partial charge in [0.05, 0.1) is 7.11 Å². The summed E-state index contributed by atoms with van der Waals surface area (Å²) in [6.45, 7) is 1.22. The number of esters is 1. The summed E-state index contributed by atoms with van der Waals surface area (Å²) in [6, 6.07) is 0.577. The third kappa shape index (κ3) is 5.36. The minimum Gasteiger partial charge on any atom is -0.468 e. The fraction of sp³-hybridized carbons (Fsp3) is 0.333. The minimum atomic E-state index is -4.49. The van der Waals surface area contributed by atoms with Crippen molar-refractivity contribution >= 4 is 39.4 Å². The SMILES string of the molecule is COC(=O)[C@@H](N)CNC(=O)Nc1cc(Cl)c(C)c(S(=O)(=O)O)c1. The topological polar surface area (TPSA) is 148 Å². The van der Waals surface area contributed by atoms with Crippen molar-refractivity contribution in [2.75, 3.05) is 19.0 Å². The van der Waals surface area contributed by atoms with Crippen LogP contribution in [0.4, 0.5) is 10.5 Å². The Labute approximate surface area is 137 Å². The third-order valence-corrected chi connectivity index (χ3v) is 4.19. The highest BCUT2D eigenvalue weighted by atomic mass is 35.5. The van der Waals surface area contributed by atoms with Gasteiger partial charge in [0.15, 0.2) is 0 Å². The number of nitrogens with two attached hydrogens (primary N) is 1. The quantitative estimate of drug-likeness (QED) is 0.439. The van der Waals surface area contributed by atoms with Crippen LogP contribution in [0.5, 0.6) is 0 Å². The molecule has 1 rings (SSSR count). The zero-order valence-electron chi connectivity index (χ0n) is 12.3. The lowest BCUT2D eigenvalue weighted by molar-refractivity contribution is -0.141. The maximum atomic E-state index is 11.7. The summed E-state index contributed by atoms with van der Waals surface area (Å²) in [5.41, 5.74) is 5.63. The normalized spacial score (nSPS) is 12.4. The summed E-state index contributed by atoms with van der Waals surface area (Å²) in [5.74, 6) is -0.697. The van der Waals surface area contributed by atoms with Crippen LogP contribution in [-0.2, 0) is 19.6 Å². The Balaban J connectivity index is 2.84. The van der Waals surface area contributed by atoms with Crippen LogP contribution in [-0.4, -0.2) is 44.7 Å². The molecule has 0 saturated carbocycles. The zero-order valence-corrected chi connectivity index (χ0v) is 13.9. The standard InChI is InChI=1S/C12H16ClN3O6S/c1-6-8(13)3-7(4-10(6)23(19,20)21)16-12(18)15-5-9(14)11(17)22-2/h3-4,9H,5,14H2,1-2H3,(H2,15,16,18)(H,19,20,21)/t9-/m0/s1. The van der Waals surface area contributed by atoms with Gasteiger partial charge in [0.25, 0.3) is 10.1 Å². The first-order valence-corrected chi connectivity index (χ1v) is 8.04. The third-order valence-electron chi connectivity index (χ3n) is 2.82. The number of carbonyl (C=O) groups is 2. The highest BCUT2D eigenvalue weighted by Crippen LogP contribution is 2.27. The van der Waals surface area contributed by atoms with Crippen LogP contribution in [0.15, 0.2) is 17.0 Å². The lowest BCUT2D eigenvalue weighted by Crippen LogP contribution is -2.44. The number of ether oxygens (including phenoxy) is 1. The zero-order chi connectivity index (χ0) is 17.8. The summed E-state index contributed by atoms with van der Waals surface area (Å²) in [6.07, 6.45) is 0. The predicted molar refractivity (Wildman–Crippen MR) is 83.0 cm³/mol. The Hall–Kier alpha value is -1.88. The van der Waals surface area contributed by atoms with E-state index in [2.05, 4.69) is 15.4 Å². The van der Waals surface area contributed by atoms with Gasteiger partial charge in [-0.25, -0.2) is 4.79 Å². The molecule has 0 radical (unpaired) electrons. The molecule has 11 heteroatoms. The molecule has 0 fully saturated rings. The summed E-state index contributed by atoms with van der Waals surface area (Å²) in [7, 11) is -3.33. The molecule has 0 saturated heterocycles. The van der Waals surface area contributed by atoms with Crippen LogP contribution in [0.25, 0.3) is 0 Å². The average Bonchev–Trinajstić information content (AvgIpc) is 2.46. The van der Waals surface area contributed by atoms with E-state index in [1.807, 2.05) is 0 Å². The molecule has 23 heavy (non-hydrogen) atoms. The fourth-order valence-corrected chi connectivity index (χ4v) is 2.65. The van der Waals surface area contributed by atoms with Crippen molar-refractivity contribution in [2.45, 2.75) is 17.9 Å². The molecule has 1 atom stereocenters. The van der Waals surface area contributed by atoms with Gasteiger partial charge in [-0.05, 0) is 24.6 Å². The molecule has 0 bridgehead atoms. The number of hydrogen-bond donors (Lipinski definition) is 4. The van der Waals surface area contributed by atoms with Crippen molar-refractivity contribution in [3.8, 4) is 0 Å². The molecular weight excluding hydrogens is 350 g/mol. The number of halogens is 1. The molecular formula is C12H16ClN3O6S. The maximum absolute atomic E-state index is 11.7. The van der Waals surface area contributed by atoms with Gasteiger partial charge in [-0.1, -0.05) is 11.6 Å². The number of anilines is 1. The van der Waals surface area contributed by atoms with Crippen LogP contribution >= 0.6 is 11.6 Å². The van der Waals surface area contributed by atoms with E-state index in [4.69, 9.17) is 21.9 Å². The predicted octanol–water partition coefficient (Wildman–Crippen LogP) is 0.517. The van der Waals surface area contributed by atoms with Gasteiger partial charge in [-0.15, -0.1) is 0 Å². The first-order chi connectivity index (χ1) is 10.6. The van der Waals surface area contributed by atoms with E-state index in [0.29, 0.717) is 0 Å². The number of hydrogen-bond acceptors (Lipinski definition) is 6. The Morgan fingerprint density at radius 1 is 1.43 bits per heavy atom. The van der Waals surface area contributed by atoms with E-state index in [1.165, 1.54) is 13.0 Å².